The van der Waals surface area contributed by atoms with Gasteiger partial charge in [-0.15, -0.1) is 0 Å². The lowest BCUT2D eigenvalue weighted by Crippen LogP contribution is -2.53. The number of rotatable bonds is 2. The van der Waals surface area contributed by atoms with Crippen LogP contribution in [0.2, 0.25) is 0 Å². The van der Waals surface area contributed by atoms with E-state index in [2.05, 4.69) is 22.6 Å². The molecule has 0 aliphatic carbocycles. The fourth-order valence-corrected chi connectivity index (χ4v) is 1.78. The first-order valence-electron chi connectivity index (χ1n) is 3.84. The third-order valence-corrected chi connectivity index (χ3v) is 2.75. The molecule has 5 heteroatoms. The van der Waals surface area contributed by atoms with Crippen molar-refractivity contribution in [3.8, 4) is 0 Å². The molecule has 68 valence electrons. The van der Waals surface area contributed by atoms with Crippen LogP contribution in [0.3, 0.4) is 0 Å². The van der Waals surface area contributed by atoms with E-state index in [-0.39, 0.29) is 11.8 Å². The Kier molecular flexibility index (Phi) is 3.30. The molecule has 0 radical (unpaired) electrons. The topological polar surface area (TPSA) is 40.6 Å². The number of hydrogen-bond donors (Lipinski definition) is 0. The molecule has 1 heterocycles. The van der Waals surface area contributed by atoms with Crippen LogP contribution in [0.25, 0.3) is 0 Å². The number of halogens is 1. The van der Waals surface area contributed by atoms with Crippen LogP contribution in [0, 0.1) is 0 Å². The summed E-state index contributed by atoms with van der Waals surface area (Å²) in [7, 11) is 0. The van der Waals surface area contributed by atoms with Gasteiger partial charge in [-0.1, -0.05) is 22.6 Å². The Bertz CT molecular complexity index is 186. The minimum absolute atomic E-state index is 0.361. The quantitative estimate of drug-likeness (QED) is 0.311. The fraction of sp³-hybridized carbons (Fsp3) is 0.714. The smallest absolute Gasteiger partial charge is 0.312 e. The maximum Gasteiger partial charge on any atom is 0.312 e. The molecule has 4 nitrogen and oxygen atoms in total. The van der Waals surface area contributed by atoms with Gasteiger partial charge in [-0.2, -0.15) is 0 Å². The van der Waals surface area contributed by atoms with Crippen LogP contribution in [0.1, 0.15) is 6.92 Å². The zero-order chi connectivity index (χ0) is 9.14. The summed E-state index contributed by atoms with van der Waals surface area (Å²) in [5.41, 5.74) is 0. The van der Waals surface area contributed by atoms with E-state index in [0.29, 0.717) is 24.2 Å². The first-order chi connectivity index (χ1) is 5.70. The number of alkyl halides is 1. The summed E-state index contributed by atoms with van der Waals surface area (Å²) in [6.07, 6.45) is 0. The average Bonchev–Trinajstić information content (AvgIpc) is 2.10. The van der Waals surface area contributed by atoms with E-state index in [4.69, 9.17) is 0 Å². The van der Waals surface area contributed by atoms with Crippen LogP contribution in [0.5, 0.6) is 0 Å². The van der Waals surface area contributed by atoms with Gasteiger partial charge >= 0.3 is 11.8 Å². The van der Waals surface area contributed by atoms with E-state index in [1.165, 1.54) is 0 Å². The molecule has 1 fully saturated rings. The van der Waals surface area contributed by atoms with Gasteiger partial charge in [0.2, 0.25) is 0 Å². The second-order valence-electron chi connectivity index (χ2n) is 2.57. The number of likely N-dealkylation sites (N-methyl/N-ethyl adjacent to an activating group) is 1. The van der Waals surface area contributed by atoms with Gasteiger partial charge in [0, 0.05) is 19.6 Å². The van der Waals surface area contributed by atoms with Crippen LogP contribution in [0.15, 0.2) is 0 Å². The van der Waals surface area contributed by atoms with E-state index in [1.54, 1.807) is 9.80 Å². The zero-order valence-corrected chi connectivity index (χ0v) is 9.07. The normalized spacial score (nSPS) is 18.8. The maximum absolute atomic E-state index is 11.3. The highest BCUT2D eigenvalue weighted by molar-refractivity contribution is 14.1. The Morgan fingerprint density at radius 2 is 1.75 bits per heavy atom. The highest BCUT2D eigenvalue weighted by atomic mass is 127. The minimum Gasteiger partial charge on any atom is -0.333 e. The van der Waals surface area contributed by atoms with Crippen molar-refractivity contribution in [2.75, 3.05) is 24.2 Å². The summed E-state index contributed by atoms with van der Waals surface area (Å²) in [4.78, 5) is 25.7. The molecule has 0 atom stereocenters. The Balaban J connectivity index is 2.65. The summed E-state index contributed by atoms with van der Waals surface area (Å²) >= 11 is 2.09. The lowest BCUT2D eigenvalue weighted by molar-refractivity contribution is -0.154. The van der Waals surface area contributed by atoms with Gasteiger partial charge in [-0.25, -0.2) is 0 Å². The molecule has 1 rings (SSSR count). The van der Waals surface area contributed by atoms with E-state index in [9.17, 15) is 9.59 Å². The van der Waals surface area contributed by atoms with E-state index < -0.39 is 0 Å². The first-order valence-corrected chi connectivity index (χ1v) is 5.37. The fourth-order valence-electron chi connectivity index (χ4n) is 1.13. The standard InChI is InChI=1S/C7H11IN2O2/c1-2-9-3-4-10(5-8)7(12)6(9)11/h2-5H2,1H3. The van der Waals surface area contributed by atoms with Gasteiger partial charge in [0.05, 0.1) is 4.55 Å². The zero-order valence-electron chi connectivity index (χ0n) is 6.92. The van der Waals surface area contributed by atoms with E-state index in [1.807, 2.05) is 6.92 Å². The summed E-state index contributed by atoms with van der Waals surface area (Å²) in [5, 5.41) is 0. The van der Waals surface area contributed by atoms with Gasteiger partial charge in [-0.05, 0) is 6.92 Å². The molecule has 0 N–H and O–H groups in total. The van der Waals surface area contributed by atoms with Gasteiger partial charge in [0.25, 0.3) is 0 Å². The molecule has 0 spiro atoms. The minimum atomic E-state index is -0.363. The average molecular weight is 282 g/mol. The Hall–Kier alpha value is -0.330. The number of carbonyl (C=O) groups is 2. The highest BCUT2D eigenvalue weighted by Crippen LogP contribution is 2.05. The van der Waals surface area contributed by atoms with Crippen LogP contribution >= 0.6 is 22.6 Å². The monoisotopic (exact) mass is 282 g/mol. The van der Waals surface area contributed by atoms with Crippen molar-refractivity contribution >= 4 is 34.4 Å². The van der Waals surface area contributed by atoms with Gasteiger partial charge in [-0.3, -0.25) is 9.59 Å². The van der Waals surface area contributed by atoms with Gasteiger partial charge in [0.1, 0.15) is 0 Å². The van der Waals surface area contributed by atoms with Crippen LogP contribution in [0.4, 0.5) is 0 Å². The highest BCUT2D eigenvalue weighted by Gasteiger charge is 2.30. The number of carbonyl (C=O) groups excluding carboxylic acids is 2. The van der Waals surface area contributed by atoms with Crippen molar-refractivity contribution in [3.05, 3.63) is 0 Å². The molecule has 1 aliphatic rings. The maximum atomic E-state index is 11.3. The lowest BCUT2D eigenvalue weighted by atomic mass is 10.3. The number of amides is 2. The summed E-state index contributed by atoms with van der Waals surface area (Å²) in [6, 6.07) is 0. The van der Waals surface area contributed by atoms with Crippen molar-refractivity contribution in [1.82, 2.24) is 9.80 Å². The SMILES string of the molecule is CCN1CCN(CI)C(=O)C1=O. The van der Waals surface area contributed by atoms with Crippen molar-refractivity contribution < 1.29 is 9.59 Å². The molecule has 12 heavy (non-hydrogen) atoms. The molecule has 1 saturated heterocycles. The summed E-state index contributed by atoms with van der Waals surface area (Å²) in [5.74, 6) is -0.724. The molecule has 0 unspecified atom stereocenters. The summed E-state index contributed by atoms with van der Waals surface area (Å²) in [6.45, 7) is 3.84. The van der Waals surface area contributed by atoms with Crippen LogP contribution in [-0.2, 0) is 9.59 Å². The molecular weight excluding hydrogens is 271 g/mol. The predicted octanol–water partition coefficient (Wildman–Crippen LogP) is 0.0696. The number of piperazine rings is 1. The molecule has 0 aromatic carbocycles. The predicted molar refractivity (Wildman–Crippen MR) is 52.9 cm³/mol. The third kappa shape index (κ3) is 1.70. The second-order valence-corrected chi connectivity index (χ2v) is 3.26. The number of nitrogens with zero attached hydrogens (tertiary/aromatic N) is 2. The largest absolute Gasteiger partial charge is 0.333 e. The molecule has 0 saturated carbocycles. The van der Waals surface area contributed by atoms with E-state index >= 15 is 0 Å². The molecule has 2 amide bonds. The Labute approximate surface area is 85.0 Å². The van der Waals surface area contributed by atoms with Crippen molar-refractivity contribution in [2.24, 2.45) is 0 Å². The second kappa shape index (κ2) is 4.06. The molecular formula is C7H11IN2O2. The Morgan fingerprint density at radius 3 is 2.25 bits per heavy atom. The summed E-state index contributed by atoms with van der Waals surface area (Å²) < 4.78 is 0.597. The van der Waals surface area contributed by atoms with Crippen LogP contribution < -0.4 is 0 Å². The number of hydrogen-bond acceptors (Lipinski definition) is 2. The molecule has 1 aliphatic heterocycles. The van der Waals surface area contributed by atoms with Crippen molar-refractivity contribution in [1.29, 1.82) is 0 Å². The first kappa shape index (κ1) is 9.76. The lowest BCUT2D eigenvalue weighted by Gasteiger charge is -2.31. The molecule has 0 bridgehead atoms. The van der Waals surface area contributed by atoms with E-state index in [0.717, 1.165) is 0 Å². The molecule has 0 aromatic heterocycles. The third-order valence-electron chi connectivity index (χ3n) is 1.92. The van der Waals surface area contributed by atoms with Gasteiger partial charge in [0.15, 0.2) is 0 Å². The van der Waals surface area contributed by atoms with Crippen LogP contribution in [-0.4, -0.2) is 45.8 Å². The Morgan fingerprint density at radius 1 is 1.25 bits per heavy atom. The van der Waals surface area contributed by atoms with Crippen molar-refractivity contribution in [2.45, 2.75) is 6.92 Å². The molecule has 0 aromatic rings. The van der Waals surface area contributed by atoms with Gasteiger partial charge < -0.3 is 9.80 Å². The van der Waals surface area contributed by atoms with Crippen molar-refractivity contribution in [3.63, 3.8) is 0 Å².